The molecule has 0 atom stereocenters. The van der Waals surface area contributed by atoms with Gasteiger partial charge in [0.25, 0.3) is 0 Å². The number of sulfonamides is 1. The summed E-state index contributed by atoms with van der Waals surface area (Å²) in [6, 6.07) is 0. The average molecular weight is 233 g/mol. The van der Waals surface area contributed by atoms with Crippen LogP contribution in [0.4, 0.5) is 0 Å². The number of hydroxylamine groups is 1. The Kier molecular flexibility index (Phi) is 3.64. The molecule has 0 aromatic heterocycles. The molecule has 1 heterocycles. The second-order valence-corrected chi connectivity index (χ2v) is 6.48. The summed E-state index contributed by atoms with van der Waals surface area (Å²) < 4.78 is 25.5. The predicted octanol–water partition coefficient (Wildman–Crippen LogP) is 1.68. The summed E-state index contributed by atoms with van der Waals surface area (Å²) in [4.78, 5) is 5.24. The molecule has 0 unspecified atom stereocenters. The van der Waals surface area contributed by atoms with E-state index in [-0.39, 0.29) is 5.25 Å². The summed E-state index contributed by atoms with van der Waals surface area (Å²) in [6.07, 6.45) is 6.76. The molecular weight excluding hydrogens is 214 g/mol. The second kappa shape index (κ2) is 4.80. The molecule has 2 aliphatic rings. The quantitative estimate of drug-likeness (QED) is 0.729. The van der Waals surface area contributed by atoms with E-state index in [0.717, 1.165) is 38.5 Å². The molecule has 0 radical (unpaired) electrons. The number of hydrogen-bond donors (Lipinski definition) is 0. The lowest BCUT2D eigenvalue weighted by Gasteiger charge is -2.30. The van der Waals surface area contributed by atoms with Gasteiger partial charge in [-0.1, -0.05) is 23.7 Å². The first-order valence-electron chi connectivity index (χ1n) is 5.86. The third kappa shape index (κ3) is 2.52. The van der Waals surface area contributed by atoms with Crippen molar-refractivity contribution in [2.24, 2.45) is 0 Å². The lowest BCUT2D eigenvalue weighted by molar-refractivity contribution is -0.109. The zero-order valence-electron chi connectivity index (χ0n) is 9.02. The van der Waals surface area contributed by atoms with Gasteiger partial charge in [0.1, 0.15) is 0 Å². The highest BCUT2D eigenvalue weighted by molar-refractivity contribution is 7.89. The van der Waals surface area contributed by atoms with E-state index >= 15 is 0 Å². The van der Waals surface area contributed by atoms with Gasteiger partial charge in [-0.25, -0.2) is 8.42 Å². The first-order valence-corrected chi connectivity index (χ1v) is 7.36. The molecule has 15 heavy (non-hydrogen) atoms. The van der Waals surface area contributed by atoms with Crippen LogP contribution in [0, 0.1) is 0 Å². The Bertz CT molecular complexity index is 266. The molecule has 2 rings (SSSR count). The van der Waals surface area contributed by atoms with Crippen molar-refractivity contribution in [3.05, 3.63) is 0 Å². The highest BCUT2D eigenvalue weighted by atomic mass is 32.2. The third-order valence-electron chi connectivity index (χ3n) is 3.23. The molecule has 1 aliphatic carbocycles. The second-order valence-electron chi connectivity index (χ2n) is 4.37. The normalized spacial score (nSPS) is 26.7. The molecule has 1 saturated carbocycles. The summed E-state index contributed by atoms with van der Waals surface area (Å²) in [6.45, 7) is 1.09. The first-order chi connectivity index (χ1) is 7.21. The molecule has 0 aromatic carbocycles. The summed E-state index contributed by atoms with van der Waals surface area (Å²) in [5.74, 6) is 0. The van der Waals surface area contributed by atoms with Crippen LogP contribution in [-0.4, -0.2) is 31.3 Å². The van der Waals surface area contributed by atoms with E-state index in [4.69, 9.17) is 4.84 Å². The van der Waals surface area contributed by atoms with Crippen molar-refractivity contribution in [1.82, 2.24) is 4.47 Å². The Morgan fingerprint density at radius 3 is 2.33 bits per heavy atom. The zero-order chi connectivity index (χ0) is 10.7. The maximum absolute atomic E-state index is 12.1. The minimum atomic E-state index is -3.17. The Hall–Kier alpha value is -0.130. The van der Waals surface area contributed by atoms with Crippen molar-refractivity contribution < 1.29 is 13.3 Å². The maximum atomic E-state index is 12.1. The Labute approximate surface area is 91.6 Å². The molecule has 1 aliphatic heterocycles. The number of hydrogen-bond acceptors (Lipinski definition) is 3. The van der Waals surface area contributed by atoms with E-state index in [1.165, 1.54) is 10.9 Å². The van der Waals surface area contributed by atoms with Crippen LogP contribution in [0.1, 0.15) is 44.9 Å². The highest BCUT2D eigenvalue weighted by Crippen LogP contribution is 2.27. The summed E-state index contributed by atoms with van der Waals surface area (Å²) in [7, 11) is -3.17. The monoisotopic (exact) mass is 233 g/mol. The molecule has 0 spiro atoms. The van der Waals surface area contributed by atoms with Crippen LogP contribution >= 0.6 is 0 Å². The van der Waals surface area contributed by atoms with E-state index in [1.807, 2.05) is 0 Å². The molecular formula is C10H19NO3S. The topological polar surface area (TPSA) is 46.6 Å². The Morgan fingerprint density at radius 1 is 1.00 bits per heavy atom. The molecule has 0 bridgehead atoms. The highest BCUT2D eigenvalue weighted by Gasteiger charge is 2.34. The van der Waals surface area contributed by atoms with Gasteiger partial charge in [0, 0.05) is 6.54 Å². The predicted molar refractivity (Wildman–Crippen MR) is 57.7 cm³/mol. The van der Waals surface area contributed by atoms with Gasteiger partial charge >= 0.3 is 0 Å². The van der Waals surface area contributed by atoms with Crippen molar-refractivity contribution in [1.29, 1.82) is 0 Å². The average Bonchev–Trinajstić information content (AvgIpc) is 2.31. The van der Waals surface area contributed by atoms with Crippen LogP contribution in [0.15, 0.2) is 0 Å². The van der Waals surface area contributed by atoms with Gasteiger partial charge in [-0.3, -0.25) is 4.84 Å². The van der Waals surface area contributed by atoms with Crippen LogP contribution in [0.2, 0.25) is 0 Å². The summed E-state index contributed by atoms with van der Waals surface area (Å²) in [5, 5.41) is -0.190. The van der Waals surface area contributed by atoms with Crippen LogP contribution in [0.3, 0.4) is 0 Å². The van der Waals surface area contributed by atoms with Crippen molar-refractivity contribution in [3.8, 4) is 0 Å². The van der Waals surface area contributed by atoms with Gasteiger partial charge in [-0.05, 0) is 25.7 Å². The van der Waals surface area contributed by atoms with Gasteiger partial charge in [-0.2, -0.15) is 0 Å². The van der Waals surface area contributed by atoms with E-state index in [0.29, 0.717) is 13.2 Å². The molecule has 0 aromatic rings. The fourth-order valence-electron chi connectivity index (χ4n) is 2.30. The standard InChI is InChI=1S/C10H19NO3S/c12-15(13,10-6-2-1-3-7-10)11-8-4-5-9-14-11/h10H,1-9H2. The van der Waals surface area contributed by atoms with Crippen LogP contribution in [0.25, 0.3) is 0 Å². The smallest absolute Gasteiger partial charge is 0.238 e. The third-order valence-corrected chi connectivity index (χ3v) is 5.40. The molecule has 88 valence electrons. The molecule has 5 heteroatoms. The fourth-order valence-corrected chi connectivity index (χ4v) is 4.17. The first kappa shape index (κ1) is 11.4. The zero-order valence-corrected chi connectivity index (χ0v) is 9.84. The van der Waals surface area contributed by atoms with Gasteiger partial charge in [0.2, 0.25) is 10.0 Å². The van der Waals surface area contributed by atoms with E-state index in [1.54, 1.807) is 0 Å². The molecule has 4 nitrogen and oxygen atoms in total. The molecule has 1 saturated heterocycles. The van der Waals surface area contributed by atoms with Crippen molar-refractivity contribution in [2.75, 3.05) is 13.2 Å². The lowest BCUT2D eigenvalue weighted by atomic mass is 10.0. The largest absolute Gasteiger partial charge is 0.284 e. The minimum Gasteiger partial charge on any atom is -0.284 e. The van der Waals surface area contributed by atoms with Gasteiger partial charge in [-0.15, -0.1) is 0 Å². The van der Waals surface area contributed by atoms with Crippen molar-refractivity contribution in [2.45, 2.75) is 50.2 Å². The van der Waals surface area contributed by atoms with Crippen molar-refractivity contribution >= 4 is 10.0 Å². The summed E-state index contributed by atoms with van der Waals surface area (Å²) in [5.41, 5.74) is 0. The molecule has 0 N–H and O–H groups in total. The SMILES string of the molecule is O=S(=O)(C1CCCCC1)N1CCCCO1. The van der Waals surface area contributed by atoms with Gasteiger partial charge in [0.15, 0.2) is 0 Å². The lowest BCUT2D eigenvalue weighted by Crippen LogP contribution is -2.42. The minimum absolute atomic E-state index is 0.190. The fraction of sp³-hybridized carbons (Fsp3) is 1.00. The molecule has 0 amide bonds. The van der Waals surface area contributed by atoms with Crippen molar-refractivity contribution in [3.63, 3.8) is 0 Å². The van der Waals surface area contributed by atoms with Crippen LogP contribution < -0.4 is 0 Å². The van der Waals surface area contributed by atoms with Gasteiger partial charge in [0.05, 0.1) is 11.9 Å². The van der Waals surface area contributed by atoms with Gasteiger partial charge < -0.3 is 0 Å². The van der Waals surface area contributed by atoms with Crippen LogP contribution in [0.5, 0.6) is 0 Å². The number of nitrogens with zero attached hydrogens (tertiary/aromatic N) is 1. The summed E-state index contributed by atoms with van der Waals surface area (Å²) >= 11 is 0. The Balaban J connectivity index is 2.03. The van der Waals surface area contributed by atoms with E-state index < -0.39 is 10.0 Å². The van der Waals surface area contributed by atoms with E-state index in [9.17, 15) is 8.42 Å². The Morgan fingerprint density at radius 2 is 1.73 bits per heavy atom. The van der Waals surface area contributed by atoms with Crippen LogP contribution in [-0.2, 0) is 14.9 Å². The molecule has 2 fully saturated rings. The van der Waals surface area contributed by atoms with E-state index in [2.05, 4.69) is 0 Å². The number of rotatable bonds is 2. The maximum Gasteiger partial charge on any atom is 0.238 e.